The molecule has 4 rings (SSSR count). The molecule has 204 valence electrons. The molecule has 3 aromatic carbocycles. The third-order valence-corrected chi connectivity index (χ3v) is 7.97. The van der Waals surface area contributed by atoms with Crippen LogP contribution in [0.1, 0.15) is 33.3 Å². The van der Waals surface area contributed by atoms with E-state index in [1.165, 1.54) is 14.7 Å². The minimum Gasteiger partial charge on any atom is -0.489 e. The molecule has 0 aliphatic rings. The first-order valence-corrected chi connectivity index (χ1v) is 14.4. The van der Waals surface area contributed by atoms with E-state index in [4.69, 9.17) is 23.7 Å². The molecule has 0 amide bonds. The van der Waals surface area contributed by atoms with E-state index in [0.29, 0.717) is 19.8 Å². The van der Waals surface area contributed by atoms with Crippen molar-refractivity contribution in [2.75, 3.05) is 13.2 Å². The number of rotatable bonds is 14. The lowest BCUT2D eigenvalue weighted by Crippen LogP contribution is -2.16. The molecule has 0 radical (unpaired) electrons. The Morgan fingerprint density at radius 3 is 1.41 bits per heavy atom. The second-order valence-electron chi connectivity index (χ2n) is 8.65. The summed E-state index contributed by atoms with van der Waals surface area (Å²) in [4.78, 5) is 7.59. The fraction of sp³-hybridized carbons (Fsp3) is 0.281. The first kappa shape index (κ1) is 28.5. The monoisotopic (exact) mass is 546 g/mol. The van der Waals surface area contributed by atoms with Gasteiger partial charge in [-0.25, -0.2) is 0 Å². The summed E-state index contributed by atoms with van der Waals surface area (Å²) in [5, 5.41) is 0. The molecule has 2 unspecified atom stereocenters. The number of benzene rings is 3. The van der Waals surface area contributed by atoms with Gasteiger partial charge in [0.1, 0.15) is 23.9 Å². The average Bonchev–Trinajstić information content (AvgIpc) is 2.95. The lowest BCUT2D eigenvalue weighted by molar-refractivity contribution is -0.0616. The Kier molecular flexibility index (Phi) is 10.7. The number of nitrogens with zero attached hydrogens (tertiary/aromatic N) is 1. The van der Waals surface area contributed by atoms with Gasteiger partial charge in [0.05, 0.1) is 10.9 Å². The zero-order valence-corrected chi connectivity index (χ0v) is 23.7. The lowest BCUT2D eigenvalue weighted by Gasteiger charge is -2.15. The Hall–Kier alpha value is -3.52. The second-order valence-corrected chi connectivity index (χ2v) is 10.7. The Morgan fingerprint density at radius 2 is 1.00 bits per heavy atom. The first-order valence-electron chi connectivity index (χ1n) is 13.2. The summed E-state index contributed by atoms with van der Waals surface area (Å²) >= 11 is 0. The quantitative estimate of drug-likeness (QED) is 0.122. The van der Waals surface area contributed by atoms with Crippen LogP contribution in [-0.2, 0) is 27.0 Å². The molecular weight excluding hydrogens is 510 g/mol. The molecule has 0 fully saturated rings. The molecule has 1 heterocycles. The van der Waals surface area contributed by atoms with Gasteiger partial charge in [-0.1, -0.05) is 0 Å². The number of hydrogen-bond donors (Lipinski definition) is 0. The summed E-state index contributed by atoms with van der Waals surface area (Å²) in [6.45, 7) is 9.42. The molecule has 0 aliphatic carbocycles. The van der Waals surface area contributed by atoms with Crippen LogP contribution >= 0.6 is 0 Å². The topological polar surface area (TPSA) is 59.0 Å². The third-order valence-electron chi connectivity index (χ3n) is 5.74. The highest BCUT2D eigenvalue weighted by atomic mass is 32.2. The van der Waals surface area contributed by atoms with Crippen molar-refractivity contribution in [3.63, 3.8) is 0 Å². The maximum Gasteiger partial charge on any atom is 0.196 e. The predicted molar refractivity (Wildman–Crippen MR) is 153 cm³/mol. The Balaban J connectivity index is 1.56. The van der Waals surface area contributed by atoms with Crippen LogP contribution in [0.4, 0.5) is 0 Å². The molecule has 6 nitrogen and oxygen atoms in total. The first-order chi connectivity index (χ1) is 19.1. The summed E-state index contributed by atoms with van der Waals surface area (Å²) in [6.07, 6.45) is 2.94. The molecule has 1 aromatic heterocycles. The van der Waals surface area contributed by atoms with E-state index in [9.17, 15) is 0 Å². The van der Waals surface area contributed by atoms with Gasteiger partial charge in [0, 0.05) is 25.6 Å². The molecule has 0 N–H and O–H groups in total. The molecule has 0 spiro atoms. The normalized spacial score (nSPS) is 13.3. The van der Waals surface area contributed by atoms with Crippen LogP contribution in [0.2, 0.25) is 0 Å². The van der Waals surface area contributed by atoms with Crippen molar-refractivity contribution in [3.05, 3.63) is 103 Å². The zero-order valence-electron chi connectivity index (χ0n) is 22.9. The smallest absolute Gasteiger partial charge is 0.196 e. The maximum absolute atomic E-state index is 6.00. The van der Waals surface area contributed by atoms with Gasteiger partial charge in [0.2, 0.25) is 0 Å². The van der Waals surface area contributed by atoms with Gasteiger partial charge >= 0.3 is 0 Å². The largest absolute Gasteiger partial charge is 0.489 e. The molecule has 39 heavy (non-hydrogen) atoms. The predicted octanol–water partition coefficient (Wildman–Crippen LogP) is 7.28. The fourth-order valence-electron chi connectivity index (χ4n) is 3.96. The summed E-state index contributed by atoms with van der Waals surface area (Å²) in [5.41, 5.74) is 1.08. The van der Waals surface area contributed by atoms with Crippen LogP contribution in [0, 0.1) is 0 Å². The van der Waals surface area contributed by atoms with Crippen LogP contribution < -0.4 is 14.2 Å². The minimum atomic E-state index is -0.349. The van der Waals surface area contributed by atoms with Crippen LogP contribution in [0.5, 0.6) is 17.2 Å². The highest BCUT2D eigenvalue weighted by Gasteiger charge is 2.29. The zero-order chi connectivity index (χ0) is 27.5. The molecular formula is C32H36NO5S+. The third kappa shape index (κ3) is 8.48. The van der Waals surface area contributed by atoms with E-state index in [-0.39, 0.29) is 23.5 Å². The summed E-state index contributed by atoms with van der Waals surface area (Å²) in [5.74, 6) is 2.37. The van der Waals surface area contributed by atoms with Gasteiger partial charge in [-0.2, -0.15) is 0 Å². The molecule has 0 bridgehead atoms. The van der Waals surface area contributed by atoms with Crippen molar-refractivity contribution in [2.24, 2.45) is 0 Å². The van der Waals surface area contributed by atoms with Gasteiger partial charge in [-0.15, -0.1) is 0 Å². The van der Waals surface area contributed by atoms with Crippen LogP contribution in [0.25, 0.3) is 0 Å². The van der Waals surface area contributed by atoms with Crippen LogP contribution in [-0.4, -0.2) is 30.8 Å². The number of hydrogen-bond acceptors (Lipinski definition) is 6. The Bertz CT molecular complexity index is 1190. The summed E-state index contributed by atoms with van der Waals surface area (Å²) < 4.78 is 28.8. The molecule has 0 aliphatic heterocycles. The molecule has 4 aromatic rings. The summed E-state index contributed by atoms with van der Waals surface area (Å²) in [6, 6.07) is 28.7. The van der Waals surface area contributed by atoms with E-state index >= 15 is 0 Å². The van der Waals surface area contributed by atoms with Gasteiger partial charge in [-0.05, 0) is 118 Å². The van der Waals surface area contributed by atoms with Crippen molar-refractivity contribution in [3.8, 4) is 17.2 Å². The van der Waals surface area contributed by atoms with Gasteiger partial charge in [-0.3, -0.25) is 4.98 Å². The number of aromatic nitrogens is 1. The Labute approximate surface area is 234 Å². The minimum absolute atomic E-state index is 0.301. The summed E-state index contributed by atoms with van der Waals surface area (Å²) in [7, 11) is -0.349. The van der Waals surface area contributed by atoms with Crippen molar-refractivity contribution in [1.29, 1.82) is 0 Å². The standard InChI is InChI=1S/C32H36NO5S/c1-5-34-24(3)37-28-9-15-31(16-10-28)39(32-17-11-29(12-18-32)38-25(4)35-6-2)30-13-7-27(8-14-30)36-23-26-19-21-33-22-20-26/h7-22,24-25H,5-6,23H2,1-4H3/q+1. The fourth-order valence-corrected chi connectivity index (χ4v) is 6.00. The van der Waals surface area contributed by atoms with E-state index in [1.807, 2.05) is 76.2 Å². The second kappa shape index (κ2) is 14.6. The van der Waals surface area contributed by atoms with Crippen molar-refractivity contribution >= 4 is 10.9 Å². The molecule has 0 saturated carbocycles. The SMILES string of the molecule is CCOC(C)Oc1ccc([S+](c2ccc(OCc3ccncc3)cc2)c2ccc(OC(C)OCC)cc2)cc1. The molecule has 7 heteroatoms. The van der Waals surface area contributed by atoms with E-state index in [1.54, 1.807) is 12.4 Å². The highest BCUT2D eigenvalue weighted by Crippen LogP contribution is 2.34. The van der Waals surface area contributed by atoms with Crippen molar-refractivity contribution in [2.45, 2.75) is 61.6 Å². The van der Waals surface area contributed by atoms with Crippen LogP contribution in [0.15, 0.2) is 112 Å². The van der Waals surface area contributed by atoms with Gasteiger partial charge in [0.25, 0.3) is 0 Å². The maximum atomic E-state index is 6.00. The average molecular weight is 547 g/mol. The lowest BCUT2D eigenvalue weighted by atomic mass is 10.3. The van der Waals surface area contributed by atoms with Gasteiger partial charge < -0.3 is 23.7 Å². The number of ether oxygens (including phenoxy) is 5. The molecule has 2 atom stereocenters. The van der Waals surface area contributed by atoms with E-state index in [0.717, 1.165) is 22.8 Å². The van der Waals surface area contributed by atoms with Gasteiger partial charge in [0.15, 0.2) is 27.3 Å². The van der Waals surface area contributed by atoms with Crippen molar-refractivity contribution in [1.82, 2.24) is 4.98 Å². The Morgan fingerprint density at radius 1 is 0.590 bits per heavy atom. The van der Waals surface area contributed by atoms with Crippen LogP contribution in [0.3, 0.4) is 0 Å². The number of pyridine rings is 1. The highest BCUT2D eigenvalue weighted by molar-refractivity contribution is 7.97. The van der Waals surface area contributed by atoms with E-state index < -0.39 is 0 Å². The van der Waals surface area contributed by atoms with E-state index in [2.05, 4.69) is 41.4 Å². The van der Waals surface area contributed by atoms with Crippen molar-refractivity contribution < 1.29 is 23.7 Å². The molecule has 0 saturated heterocycles.